The molecule has 12 nitrogen and oxygen atoms in total. The fourth-order valence-electron chi connectivity index (χ4n) is 4.10. The molecular weight excluding hydrogens is 516 g/mol. The molecule has 0 saturated heterocycles. The number of hydrogen-bond donors (Lipinski definition) is 4. The third-order valence-corrected chi connectivity index (χ3v) is 5.88. The SMILES string of the molecule is CC(=O)OC(C(=O)Nc1cccc2cc(C(=O)Nc3ccc(C#N)cc3-c3noc(=O)[nH]3)[nH]c12)c1ccccc1. The normalized spacial score (nSPS) is 11.4. The number of rotatable bonds is 7. The third-order valence-electron chi connectivity index (χ3n) is 5.88. The van der Waals surface area contributed by atoms with Gasteiger partial charge < -0.3 is 20.4 Å². The zero-order valence-corrected chi connectivity index (χ0v) is 20.8. The highest BCUT2D eigenvalue weighted by atomic mass is 16.5. The van der Waals surface area contributed by atoms with E-state index >= 15 is 0 Å². The number of anilines is 2. The first-order valence-corrected chi connectivity index (χ1v) is 11.9. The fraction of sp³-hybridized carbons (Fsp3) is 0.0714. The molecule has 1 unspecified atom stereocenters. The largest absolute Gasteiger partial charge is 0.447 e. The quantitative estimate of drug-likeness (QED) is 0.226. The molecule has 0 bridgehead atoms. The molecule has 0 spiro atoms. The van der Waals surface area contributed by atoms with Crippen LogP contribution >= 0.6 is 0 Å². The van der Waals surface area contributed by atoms with E-state index in [2.05, 4.69) is 30.3 Å². The minimum absolute atomic E-state index is 0.0415. The molecule has 0 aliphatic rings. The number of ether oxygens (including phenoxy) is 1. The van der Waals surface area contributed by atoms with E-state index in [1.54, 1.807) is 54.6 Å². The van der Waals surface area contributed by atoms with Crippen LogP contribution in [0.25, 0.3) is 22.3 Å². The predicted octanol–water partition coefficient (Wildman–Crippen LogP) is 3.88. The van der Waals surface area contributed by atoms with Crippen molar-refractivity contribution in [3.8, 4) is 17.5 Å². The van der Waals surface area contributed by atoms with E-state index in [0.717, 1.165) is 0 Å². The number of carbonyl (C=O) groups is 3. The maximum absolute atomic E-state index is 13.2. The highest BCUT2D eigenvalue weighted by Crippen LogP contribution is 2.29. The summed E-state index contributed by atoms with van der Waals surface area (Å²) >= 11 is 0. The standard InChI is InChI=1S/C28H20N6O6/c1-15(35)39-24(17-6-3-2-4-7-17)27(37)32-21-9-5-8-18-13-22(30-23(18)21)26(36)31-20-11-10-16(14-29)12-19(20)25-33-28(38)40-34-25/h2-13,24,30H,1H3,(H,31,36)(H,32,37)(H,33,34,38). The lowest BCUT2D eigenvalue weighted by Gasteiger charge is -2.17. The average Bonchev–Trinajstić information content (AvgIpc) is 3.59. The molecule has 12 heteroatoms. The first-order valence-electron chi connectivity index (χ1n) is 11.9. The van der Waals surface area contributed by atoms with Crippen LogP contribution in [0.2, 0.25) is 0 Å². The number of aromatic nitrogens is 3. The van der Waals surface area contributed by atoms with Crippen molar-refractivity contribution in [3.63, 3.8) is 0 Å². The number of hydrogen-bond acceptors (Lipinski definition) is 8. The van der Waals surface area contributed by atoms with Crippen molar-refractivity contribution in [3.05, 3.63) is 100 Å². The number of para-hydroxylation sites is 1. The van der Waals surface area contributed by atoms with Gasteiger partial charge in [-0.2, -0.15) is 5.26 Å². The molecule has 40 heavy (non-hydrogen) atoms. The van der Waals surface area contributed by atoms with Crippen molar-refractivity contribution in [2.45, 2.75) is 13.0 Å². The van der Waals surface area contributed by atoms with Crippen molar-refractivity contribution in [1.29, 1.82) is 5.26 Å². The Labute approximate surface area is 225 Å². The Bertz CT molecular complexity index is 1850. The Morgan fingerprint density at radius 2 is 1.77 bits per heavy atom. The summed E-state index contributed by atoms with van der Waals surface area (Å²) in [4.78, 5) is 54.9. The van der Waals surface area contributed by atoms with E-state index in [4.69, 9.17) is 4.74 Å². The number of aromatic amines is 2. The molecule has 0 aliphatic heterocycles. The van der Waals surface area contributed by atoms with Gasteiger partial charge in [0.05, 0.1) is 28.5 Å². The van der Waals surface area contributed by atoms with E-state index in [-0.39, 0.29) is 28.3 Å². The topological polar surface area (TPSA) is 183 Å². The van der Waals surface area contributed by atoms with E-state index < -0.39 is 29.6 Å². The van der Waals surface area contributed by atoms with Crippen LogP contribution in [0.1, 0.15) is 34.6 Å². The van der Waals surface area contributed by atoms with Gasteiger partial charge in [-0.1, -0.05) is 47.6 Å². The van der Waals surface area contributed by atoms with Crippen molar-refractivity contribution < 1.29 is 23.6 Å². The van der Waals surface area contributed by atoms with Crippen LogP contribution in [-0.4, -0.2) is 32.9 Å². The molecule has 0 fully saturated rings. The summed E-state index contributed by atoms with van der Waals surface area (Å²) in [7, 11) is 0. The maximum Gasteiger partial charge on any atom is 0.439 e. The molecule has 2 heterocycles. The summed E-state index contributed by atoms with van der Waals surface area (Å²) in [5.74, 6) is -2.47. The molecule has 0 saturated carbocycles. The van der Waals surface area contributed by atoms with Gasteiger partial charge in [0.15, 0.2) is 5.82 Å². The fourth-order valence-corrected chi connectivity index (χ4v) is 4.10. The number of H-pyrrole nitrogens is 2. The van der Waals surface area contributed by atoms with E-state index in [0.29, 0.717) is 22.2 Å². The van der Waals surface area contributed by atoms with Crippen molar-refractivity contribution in [2.75, 3.05) is 10.6 Å². The Balaban J connectivity index is 1.43. The van der Waals surface area contributed by atoms with Gasteiger partial charge in [0.25, 0.3) is 11.8 Å². The Morgan fingerprint density at radius 1 is 0.975 bits per heavy atom. The van der Waals surface area contributed by atoms with E-state index in [1.807, 2.05) is 6.07 Å². The molecule has 1 atom stereocenters. The van der Waals surface area contributed by atoms with Crippen LogP contribution in [0.4, 0.5) is 11.4 Å². The van der Waals surface area contributed by atoms with Gasteiger partial charge >= 0.3 is 11.7 Å². The van der Waals surface area contributed by atoms with Crippen molar-refractivity contribution >= 4 is 40.1 Å². The zero-order valence-electron chi connectivity index (χ0n) is 20.8. The molecule has 4 N–H and O–H groups in total. The number of nitrogens with one attached hydrogen (secondary N) is 4. The average molecular weight is 537 g/mol. The van der Waals surface area contributed by atoms with Crippen LogP contribution in [0.3, 0.4) is 0 Å². The van der Waals surface area contributed by atoms with Crippen molar-refractivity contribution in [2.24, 2.45) is 0 Å². The molecule has 5 aromatic rings. The lowest BCUT2D eigenvalue weighted by Crippen LogP contribution is -2.25. The molecule has 3 aromatic carbocycles. The molecule has 0 aliphatic carbocycles. The van der Waals surface area contributed by atoms with Crippen LogP contribution < -0.4 is 16.4 Å². The number of carbonyl (C=O) groups excluding carboxylic acids is 3. The minimum Gasteiger partial charge on any atom is -0.447 e. The second-order valence-electron chi connectivity index (χ2n) is 8.61. The molecule has 198 valence electrons. The van der Waals surface area contributed by atoms with Gasteiger partial charge in [-0.05, 0) is 30.3 Å². The summed E-state index contributed by atoms with van der Waals surface area (Å²) in [5.41, 5.74) is 2.34. The van der Waals surface area contributed by atoms with E-state index in [1.165, 1.54) is 25.1 Å². The first kappa shape index (κ1) is 25.7. The van der Waals surface area contributed by atoms with Gasteiger partial charge in [0.2, 0.25) is 6.10 Å². The monoisotopic (exact) mass is 536 g/mol. The number of amides is 2. The van der Waals surface area contributed by atoms with Crippen LogP contribution in [0.15, 0.2) is 82.1 Å². The number of nitriles is 1. The smallest absolute Gasteiger partial charge is 0.439 e. The van der Waals surface area contributed by atoms with Crippen molar-refractivity contribution in [1.82, 2.24) is 15.1 Å². The Morgan fingerprint density at radius 3 is 2.48 bits per heavy atom. The minimum atomic E-state index is -1.18. The summed E-state index contributed by atoms with van der Waals surface area (Å²) in [6, 6.07) is 21.8. The van der Waals surface area contributed by atoms with Crippen LogP contribution in [0.5, 0.6) is 0 Å². The first-order chi connectivity index (χ1) is 19.3. The summed E-state index contributed by atoms with van der Waals surface area (Å²) < 4.78 is 9.84. The zero-order chi connectivity index (χ0) is 28.2. The Hall–Kier alpha value is -5.96. The predicted molar refractivity (Wildman–Crippen MR) is 143 cm³/mol. The molecule has 2 aromatic heterocycles. The molecule has 0 radical (unpaired) electrons. The van der Waals surface area contributed by atoms with Gasteiger partial charge in [0, 0.05) is 23.4 Å². The number of esters is 1. The molecule has 2 amide bonds. The highest BCUT2D eigenvalue weighted by molar-refractivity contribution is 6.10. The molecular formula is C28H20N6O6. The second kappa shape index (κ2) is 10.8. The lowest BCUT2D eigenvalue weighted by molar-refractivity contribution is -0.152. The summed E-state index contributed by atoms with van der Waals surface area (Å²) in [5, 5.41) is 19.1. The van der Waals surface area contributed by atoms with Gasteiger partial charge in [-0.15, -0.1) is 0 Å². The second-order valence-corrected chi connectivity index (χ2v) is 8.61. The Kier molecular flexibility index (Phi) is 6.93. The van der Waals surface area contributed by atoms with Crippen LogP contribution in [0, 0.1) is 11.3 Å². The molecule has 5 rings (SSSR count). The number of fused-ring (bicyclic) bond motifs is 1. The summed E-state index contributed by atoms with van der Waals surface area (Å²) in [6.07, 6.45) is -1.18. The van der Waals surface area contributed by atoms with Crippen LogP contribution in [-0.2, 0) is 14.3 Å². The van der Waals surface area contributed by atoms with Gasteiger partial charge in [-0.25, -0.2) is 4.79 Å². The maximum atomic E-state index is 13.2. The van der Waals surface area contributed by atoms with Gasteiger partial charge in [-0.3, -0.25) is 23.9 Å². The summed E-state index contributed by atoms with van der Waals surface area (Å²) in [6.45, 7) is 1.22. The lowest BCUT2D eigenvalue weighted by atomic mass is 10.1. The van der Waals surface area contributed by atoms with E-state index in [9.17, 15) is 24.4 Å². The number of benzene rings is 3. The number of nitrogens with zero attached hydrogens (tertiary/aromatic N) is 2. The highest BCUT2D eigenvalue weighted by Gasteiger charge is 2.25. The third kappa shape index (κ3) is 5.34. The van der Waals surface area contributed by atoms with Gasteiger partial charge in [0.1, 0.15) is 5.69 Å².